The third kappa shape index (κ3) is 4.30. The van der Waals surface area contributed by atoms with Gasteiger partial charge in [0.2, 0.25) is 5.69 Å². The molecule has 29 heavy (non-hydrogen) atoms. The second-order valence-electron chi connectivity index (χ2n) is 7.08. The predicted octanol–water partition coefficient (Wildman–Crippen LogP) is 4.56. The molecule has 1 aliphatic heterocycles. The summed E-state index contributed by atoms with van der Waals surface area (Å²) in [5.74, 6) is 0.214. The molecule has 0 bridgehead atoms. The number of H-pyrrole nitrogens is 1. The van der Waals surface area contributed by atoms with Gasteiger partial charge in [0.1, 0.15) is 5.69 Å². The zero-order valence-electron chi connectivity index (χ0n) is 15.6. The number of carbonyl (C=O) groups is 1. The van der Waals surface area contributed by atoms with Gasteiger partial charge in [0.05, 0.1) is 17.1 Å². The van der Waals surface area contributed by atoms with E-state index in [1.54, 1.807) is 12.1 Å². The van der Waals surface area contributed by atoms with E-state index < -0.39 is 5.91 Å². The Bertz CT molecular complexity index is 1060. The van der Waals surface area contributed by atoms with Crippen molar-refractivity contribution < 1.29 is 9.36 Å². The van der Waals surface area contributed by atoms with E-state index in [1.165, 1.54) is 0 Å². The summed E-state index contributed by atoms with van der Waals surface area (Å²) in [6, 6.07) is 13.5. The van der Waals surface area contributed by atoms with E-state index in [1.807, 2.05) is 34.9 Å². The number of primary amides is 1. The van der Waals surface area contributed by atoms with E-state index in [2.05, 4.69) is 32.5 Å². The predicted molar refractivity (Wildman–Crippen MR) is 124 cm³/mol. The molecule has 2 heterocycles. The largest absolute Gasteiger partial charge is 0.362 e. The number of imidazole rings is 1. The van der Waals surface area contributed by atoms with Gasteiger partial charge in [-0.2, -0.15) is 4.57 Å². The van der Waals surface area contributed by atoms with Crippen molar-refractivity contribution in [1.82, 2.24) is 9.88 Å². The Hall–Kier alpha value is -1.61. The number of nitrogens with two attached hydrogens (primary N) is 1. The molecular formula is C21H20Cl2IN4O+. The maximum Gasteiger partial charge on any atom is 0.294 e. The monoisotopic (exact) mass is 541 g/mol. The van der Waals surface area contributed by atoms with Crippen LogP contribution in [0.25, 0.3) is 17.1 Å². The van der Waals surface area contributed by atoms with Gasteiger partial charge in [0.15, 0.2) is 5.69 Å². The highest BCUT2D eigenvalue weighted by molar-refractivity contribution is 14.1. The maximum atomic E-state index is 12.3. The summed E-state index contributed by atoms with van der Waals surface area (Å²) in [4.78, 5) is 17.9. The first kappa shape index (κ1) is 20.7. The minimum atomic E-state index is -0.491. The molecule has 1 aliphatic rings. The number of aromatic amines is 1. The fourth-order valence-corrected chi connectivity index (χ4v) is 4.60. The second kappa shape index (κ2) is 8.63. The molecule has 0 atom stereocenters. The van der Waals surface area contributed by atoms with Crippen LogP contribution in [0.1, 0.15) is 29.0 Å². The van der Waals surface area contributed by atoms with E-state index in [9.17, 15) is 4.79 Å². The topological polar surface area (TPSA) is 66.0 Å². The molecule has 1 saturated heterocycles. The summed E-state index contributed by atoms with van der Waals surface area (Å²) in [6.07, 6.45) is 2.32. The van der Waals surface area contributed by atoms with E-state index in [-0.39, 0.29) is 0 Å². The molecule has 1 aromatic heterocycles. The molecule has 0 spiro atoms. The fraction of sp³-hybridized carbons (Fsp3) is 0.238. The van der Waals surface area contributed by atoms with E-state index >= 15 is 0 Å². The number of nitrogens with one attached hydrogen (secondary N) is 1. The fourth-order valence-electron chi connectivity index (χ4n) is 3.74. The van der Waals surface area contributed by atoms with Gasteiger partial charge in [0, 0.05) is 8.59 Å². The van der Waals surface area contributed by atoms with Gasteiger partial charge >= 0.3 is 0 Å². The van der Waals surface area contributed by atoms with Crippen LogP contribution in [0.15, 0.2) is 42.5 Å². The number of hydrogen-bond acceptors (Lipinski definition) is 2. The third-order valence-corrected chi connectivity index (χ3v) is 6.38. The molecule has 1 amide bonds. The first-order valence-corrected chi connectivity index (χ1v) is 11.2. The van der Waals surface area contributed by atoms with Crippen molar-refractivity contribution in [2.75, 3.05) is 13.1 Å². The number of halogens is 3. The Morgan fingerprint density at radius 3 is 2.45 bits per heavy atom. The minimum Gasteiger partial charge on any atom is -0.362 e. The summed E-state index contributed by atoms with van der Waals surface area (Å²) in [6.45, 7) is 2.65. The minimum absolute atomic E-state index is 0.400. The van der Waals surface area contributed by atoms with Crippen LogP contribution in [-0.4, -0.2) is 28.9 Å². The van der Waals surface area contributed by atoms with Crippen LogP contribution < -0.4 is 10.3 Å². The van der Waals surface area contributed by atoms with Crippen molar-refractivity contribution in [3.05, 3.63) is 67.5 Å². The Labute approximate surface area is 192 Å². The van der Waals surface area contributed by atoms with E-state index in [0.29, 0.717) is 28.1 Å². The van der Waals surface area contributed by atoms with Gasteiger partial charge in [-0.25, -0.2) is 4.98 Å². The van der Waals surface area contributed by atoms with Crippen LogP contribution >= 0.6 is 45.8 Å². The Morgan fingerprint density at radius 2 is 1.83 bits per heavy atom. The van der Waals surface area contributed by atoms with Gasteiger partial charge in [0.25, 0.3) is 11.7 Å². The highest BCUT2D eigenvalue weighted by Crippen LogP contribution is 2.30. The number of carbonyl (C=O) groups excluding carboxylic acids is 1. The molecule has 150 valence electrons. The molecule has 1 fully saturated rings. The zero-order valence-corrected chi connectivity index (χ0v) is 19.3. The summed E-state index contributed by atoms with van der Waals surface area (Å²) in [5, 5.41) is 1.06. The first-order chi connectivity index (χ1) is 13.9. The molecule has 0 radical (unpaired) electrons. The standard InChI is InChI=1S/C21H19Cl2IN4O/c22-13-3-8-16(17(23)11-13)21-26-19(20(25)29)18(12-27-9-1-2-10-27)28(21)15-6-4-14(24)5-7-15/h3-8,11H,1-2,9-10,12H2,(H2,25,29)/p+1. The first-order valence-electron chi connectivity index (χ1n) is 9.34. The Morgan fingerprint density at radius 1 is 1.14 bits per heavy atom. The summed E-state index contributed by atoms with van der Waals surface area (Å²) >= 11 is 14.9. The summed E-state index contributed by atoms with van der Waals surface area (Å²) in [7, 11) is 0. The highest BCUT2D eigenvalue weighted by Gasteiger charge is 2.32. The molecule has 8 heteroatoms. The normalized spacial score (nSPS) is 14.4. The third-order valence-electron chi connectivity index (χ3n) is 5.12. The lowest BCUT2D eigenvalue weighted by Crippen LogP contribution is -2.39. The summed E-state index contributed by atoms with van der Waals surface area (Å²) < 4.78 is 3.17. The average molecular weight is 542 g/mol. The highest BCUT2D eigenvalue weighted by atomic mass is 127. The maximum absolute atomic E-state index is 12.3. The molecule has 3 aromatic rings. The van der Waals surface area contributed by atoms with Crippen molar-refractivity contribution in [2.24, 2.45) is 5.73 Å². The quantitative estimate of drug-likeness (QED) is 0.367. The van der Waals surface area contributed by atoms with E-state index in [0.717, 1.165) is 46.4 Å². The van der Waals surface area contributed by atoms with Gasteiger partial charge in [-0.3, -0.25) is 9.69 Å². The van der Waals surface area contributed by atoms with Crippen molar-refractivity contribution in [2.45, 2.75) is 19.4 Å². The number of rotatable bonds is 5. The van der Waals surface area contributed by atoms with Gasteiger partial charge in [-0.1, -0.05) is 23.2 Å². The summed E-state index contributed by atoms with van der Waals surface area (Å²) in [5.41, 5.74) is 8.68. The van der Waals surface area contributed by atoms with Crippen LogP contribution in [0.3, 0.4) is 0 Å². The van der Waals surface area contributed by atoms with Crippen molar-refractivity contribution in [3.8, 4) is 17.1 Å². The number of aromatic nitrogens is 2. The van der Waals surface area contributed by atoms with Crippen LogP contribution in [0.4, 0.5) is 0 Å². The number of amides is 1. The number of likely N-dealkylation sites (tertiary alicyclic amines) is 1. The number of hydrogen-bond donors (Lipinski definition) is 2. The number of nitrogens with zero attached hydrogens (tertiary/aromatic N) is 2. The van der Waals surface area contributed by atoms with Gasteiger partial charge in [-0.05, 0) is 91.0 Å². The van der Waals surface area contributed by atoms with Crippen molar-refractivity contribution in [1.29, 1.82) is 0 Å². The molecule has 0 saturated carbocycles. The lowest BCUT2D eigenvalue weighted by atomic mass is 10.2. The molecule has 0 unspecified atom stereocenters. The molecule has 3 N–H and O–H groups in total. The van der Waals surface area contributed by atoms with Crippen molar-refractivity contribution in [3.63, 3.8) is 0 Å². The molecule has 5 nitrogen and oxygen atoms in total. The van der Waals surface area contributed by atoms with Crippen LogP contribution in [0.5, 0.6) is 0 Å². The van der Waals surface area contributed by atoms with Gasteiger partial charge < -0.3 is 5.73 Å². The van der Waals surface area contributed by atoms with Crippen LogP contribution in [0.2, 0.25) is 10.0 Å². The molecule has 4 rings (SSSR count). The van der Waals surface area contributed by atoms with Crippen LogP contribution in [0, 0.1) is 3.57 Å². The second-order valence-corrected chi connectivity index (χ2v) is 9.17. The Kier molecular flexibility index (Phi) is 6.15. The molecule has 2 aromatic carbocycles. The molecular weight excluding hydrogens is 522 g/mol. The smallest absolute Gasteiger partial charge is 0.294 e. The lowest BCUT2D eigenvalue weighted by molar-refractivity contribution is -0.592. The lowest BCUT2D eigenvalue weighted by Gasteiger charge is -2.14. The Balaban J connectivity index is 1.96. The number of benzene rings is 2. The SMILES string of the molecule is NC(=O)c1[nH]c(-c2ccc(Cl)cc2Cl)[n+](-c2ccc(I)cc2)c1CN1CCCC1. The van der Waals surface area contributed by atoms with Crippen LogP contribution in [-0.2, 0) is 6.54 Å². The van der Waals surface area contributed by atoms with Crippen molar-refractivity contribution >= 4 is 51.7 Å². The average Bonchev–Trinajstić information content (AvgIpc) is 3.31. The molecule has 0 aliphatic carbocycles. The van der Waals surface area contributed by atoms with E-state index in [4.69, 9.17) is 28.9 Å². The van der Waals surface area contributed by atoms with Gasteiger partial charge in [-0.15, -0.1) is 0 Å². The zero-order chi connectivity index (χ0) is 20.5.